The van der Waals surface area contributed by atoms with Gasteiger partial charge < -0.3 is 19.6 Å². The fourth-order valence-electron chi connectivity index (χ4n) is 1.94. The Morgan fingerprint density at radius 2 is 2.19 bits per heavy atom. The van der Waals surface area contributed by atoms with Crippen LogP contribution in [0.15, 0.2) is 47.1 Å². The Hall–Kier alpha value is -1.69. The Morgan fingerprint density at radius 3 is 2.95 bits per heavy atom. The Kier molecular flexibility index (Phi) is 6.40. The van der Waals surface area contributed by atoms with E-state index in [2.05, 4.69) is 5.32 Å². The van der Waals surface area contributed by atoms with E-state index in [4.69, 9.17) is 9.15 Å². The van der Waals surface area contributed by atoms with Crippen LogP contribution in [0.5, 0.6) is 0 Å². The highest BCUT2D eigenvalue weighted by Gasteiger charge is 2.05. The number of furan rings is 1. The maximum absolute atomic E-state index is 13.0. The van der Waals surface area contributed by atoms with E-state index in [1.165, 1.54) is 12.1 Å². The summed E-state index contributed by atoms with van der Waals surface area (Å²) in [5, 5.41) is 12.9. The lowest BCUT2D eigenvalue weighted by Crippen LogP contribution is -2.31. The third-order valence-electron chi connectivity index (χ3n) is 2.99. The van der Waals surface area contributed by atoms with Gasteiger partial charge in [0, 0.05) is 6.54 Å². The van der Waals surface area contributed by atoms with Crippen molar-refractivity contribution >= 4 is 0 Å². The van der Waals surface area contributed by atoms with E-state index in [0.29, 0.717) is 19.7 Å². The zero-order valence-corrected chi connectivity index (χ0v) is 11.8. The summed E-state index contributed by atoms with van der Waals surface area (Å²) >= 11 is 0. The molecule has 5 heteroatoms. The Bertz CT molecular complexity index is 516. The number of benzene rings is 1. The van der Waals surface area contributed by atoms with E-state index in [1.54, 1.807) is 18.4 Å². The third kappa shape index (κ3) is 6.08. The summed E-state index contributed by atoms with van der Waals surface area (Å²) < 4.78 is 23.4. The summed E-state index contributed by atoms with van der Waals surface area (Å²) in [6.07, 6.45) is 1.73. The fourth-order valence-corrected chi connectivity index (χ4v) is 1.94. The summed E-state index contributed by atoms with van der Waals surface area (Å²) in [7, 11) is 0. The van der Waals surface area contributed by atoms with Crippen LogP contribution in [-0.2, 0) is 17.8 Å². The summed E-state index contributed by atoms with van der Waals surface area (Å²) in [5.74, 6) is 0.514. The molecule has 2 rings (SSSR count). The van der Waals surface area contributed by atoms with Crippen LogP contribution < -0.4 is 5.32 Å². The van der Waals surface area contributed by atoms with Gasteiger partial charge in [-0.25, -0.2) is 4.39 Å². The first-order chi connectivity index (χ1) is 10.2. The van der Waals surface area contributed by atoms with Gasteiger partial charge in [0.05, 0.1) is 19.0 Å². The van der Waals surface area contributed by atoms with Gasteiger partial charge in [-0.2, -0.15) is 0 Å². The van der Waals surface area contributed by atoms with E-state index in [9.17, 15) is 9.50 Å². The zero-order chi connectivity index (χ0) is 14.9. The molecule has 1 unspecified atom stereocenters. The van der Waals surface area contributed by atoms with Gasteiger partial charge in [-0.05, 0) is 42.8 Å². The average molecular weight is 293 g/mol. The van der Waals surface area contributed by atoms with Gasteiger partial charge in [-0.1, -0.05) is 12.1 Å². The number of hydrogen-bond donors (Lipinski definition) is 2. The molecule has 1 heterocycles. The van der Waals surface area contributed by atoms with E-state index >= 15 is 0 Å². The molecule has 0 fully saturated rings. The van der Waals surface area contributed by atoms with Crippen LogP contribution >= 0.6 is 0 Å². The average Bonchev–Trinajstić information content (AvgIpc) is 2.97. The molecule has 1 aromatic carbocycles. The number of nitrogens with one attached hydrogen (secondary N) is 1. The largest absolute Gasteiger partial charge is 0.467 e. The predicted molar refractivity (Wildman–Crippen MR) is 77.3 cm³/mol. The molecule has 0 aliphatic carbocycles. The first-order valence-electron chi connectivity index (χ1n) is 6.97. The van der Waals surface area contributed by atoms with Crippen molar-refractivity contribution in [2.45, 2.75) is 19.1 Å². The van der Waals surface area contributed by atoms with Crippen molar-refractivity contribution in [1.29, 1.82) is 0 Å². The van der Waals surface area contributed by atoms with Crippen LogP contribution in [0.4, 0.5) is 4.39 Å². The van der Waals surface area contributed by atoms with E-state index in [1.807, 2.05) is 12.1 Å². The monoisotopic (exact) mass is 293 g/mol. The van der Waals surface area contributed by atoms with E-state index < -0.39 is 6.10 Å². The smallest absolute Gasteiger partial charge is 0.129 e. The first kappa shape index (κ1) is 15.7. The lowest BCUT2D eigenvalue weighted by atomic mass is 10.1. The van der Waals surface area contributed by atoms with E-state index in [-0.39, 0.29) is 12.4 Å². The zero-order valence-electron chi connectivity index (χ0n) is 11.8. The van der Waals surface area contributed by atoms with E-state index in [0.717, 1.165) is 17.7 Å². The van der Waals surface area contributed by atoms with Crippen LogP contribution in [0, 0.1) is 5.82 Å². The molecule has 0 aliphatic rings. The van der Waals surface area contributed by atoms with Crippen LogP contribution in [0.3, 0.4) is 0 Å². The Balaban J connectivity index is 1.53. The van der Waals surface area contributed by atoms with Gasteiger partial charge in [0.2, 0.25) is 0 Å². The van der Waals surface area contributed by atoms with Crippen molar-refractivity contribution in [3.05, 3.63) is 59.8 Å². The minimum atomic E-state index is -0.576. The number of aliphatic hydroxyl groups is 1. The standard InChI is InChI=1S/C16H20FNO3/c17-14-4-1-3-13(9-14)6-7-18-10-15(19)11-20-12-16-5-2-8-21-16/h1-5,8-9,15,18-19H,6-7,10-12H2. The predicted octanol–water partition coefficient (Wildman–Crippen LogP) is 2.13. The first-order valence-corrected chi connectivity index (χ1v) is 6.97. The second-order valence-corrected chi connectivity index (χ2v) is 4.83. The normalized spacial score (nSPS) is 12.5. The van der Waals surface area contributed by atoms with Crippen molar-refractivity contribution in [1.82, 2.24) is 5.32 Å². The molecule has 0 saturated heterocycles. The summed E-state index contributed by atoms with van der Waals surface area (Å²) in [6, 6.07) is 10.1. The molecule has 21 heavy (non-hydrogen) atoms. The molecule has 1 atom stereocenters. The maximum Gasteiger partial charge on any atom is 0.129 e. The third-order valence-corrected chi connectivity index (χ3v) is 2.99. The lowest BCUT2D eigenvalue weighted by Gasteiger charge is -2.12. The Labute approximate surface area is 123 Å². The van der Waals surface area contributed by atoms with Crippen molar-refractivity contribution in [3.63, 3.8) is 0 Å². The molecular weight excluding hydrogens is 273 g/mol. The topological polar surface area (TPSA) is 54.6 Å². The molecule has 0 bridgehead atoms. The molecule has 0 amide bonds. The molecule has 0 spiro atoms. The molecule has 114 valence electrons. The van der Waals surface area contributed by atoms with Crippen LogP contribution in [0.2, 0.25) is 0 Å². The summed E-state index contributed by atoms with van der Waals surface area (Å²) in [6.45, 7) is 1.72. The van der Waals surface area contributed by atoms with Crippen LogP contribution in [0.25, 0.3) is 0 Å². The molecular formula is C16H20FNO3. The minimum Gasteiger partial charge on any atom is -0.467 e. The van der Waals surface area contributed by atoms with Gasteiger partial charge in [0.25, 0.3) is 0 Å². The van der Waals surface area contributed by atoms with Crippen LogP contribution in [0.1, 0.15) is 11.3 Å². The summed E-state index contributed by atoms with van der Waals surface area (Å²) in [4.78, 5) is 0. The SMILES string of the molecule is OC(CNCCc1cccc(F)c1)COCc1ccco1. The highest BCUT2D eigenvalue weighted by Crippen LogP contribution is 2.04. The molecule has 0 aliphatic heterocycles. The second kappa shape index (κ2) is 8.56. The number of ether oxygens (including phenoxy) is 1. The molecule has 0 radical (unpaired) electrons. The van der Waals surface area contributed by atoms with Crippen molar-refractivity contribution in [2.24, 2.45) is 0 Å². The van der Waals surface area contributed by atoms with Crippen LogP contribution in [-0.4, -0.2) is 30.9 Å². The summed E-state index contributed by atoms with van der Waals surface area (Å²) in [5.41, 5.74) is 0.936. The van der Waals surface area contributed by atoms with Gasteiger partial charge in [-0.15, -0.1) is 0 Å². The molecule has 2 N–H and O–H groups in total. The maximum atomic E-state index is 13.0. The second-order valence-electron chi connectivity index (χ2n) is 4.83. The number of rotatable bonds is 9. The molecule has 0 saturated carbocycles. The van der Waals surface area contributed by atoms with Crippen molar-refractivity contribution in [3.8, 4) is 0 Å². The molecule has 2 aromatic rings. The van der Waals surface area contributed by atoms with Gasteiger partial charge in [0.15, 0.2) is 0 Å². The lowest BCUT2D eigenvalue weighted by molar-refractivity contribution is 0.0228. The number of hydrogen-bond acceptors (Lipinski definition) is 4. The highest BCUT2D eigenvalue weighted by molar-refractivity contribution is 5.16. The number of aliphatic hydroxyl groups excluding tert-OH is 1. The highest BCUT2D eigenvalue weighted by atomic mass is 19.1. The quantitative estimate of drug-likeness (QED) is 0.695. The van der Waals surface area contributed by atoms with Gasteiger partial charge >= 0.3 is 0 Å². The van der Waals surface area contributed by atoms with Gasteiger partial charge in [-0.3, -0.25) is 0 Å². The van der Waals surface area contributed by atoms with Crippen molar-refractivity contribution < 1.29 is 18.7 Å². The number of halogens is 1. The minimum absolute atomic E-state index is 0.223. The molecule has 4 nitrogen and oxygen atoms in total. The fraction of sp³-hybridized carbons (Fsp3) is 0.375. The Morgan fingerprint density at radius 1 is 1.29 bits per heavy atom. The van der Waals surface area contributed by atoms with Gasteiger partial charge in [0.1, 0.15) is 18.2 Å². The molecule has 1 aromatic heterocycles. The van der Waals surface area contributed by atoms with Crippen molar-refractivity contribution in [2.75, 3.05) is 19.7 Å².